The van der Waals surface area contributed by atoms with E-state index in [2.05, 4.69) is 27.7 Å². The SMILES string of the molecule is CC(C)CCCCCCCCCCCCCCC(=O)OCCCC(C)C. The Hall–Kier alpha value is -0.530. The monoisotopic (exact) mass is 368 g/mol. The Labute approximate surface area is 164 Å². The summed E-state index contributed by atoms with van der Waals surface area (Å²) in [4.78, 5) is 11.6. The van der Waals surface area contributed by atoms with Crippen LogP contribution in [0.3, 0.4) is 0 Å². The van der Waals surface area contributed by atoms with E-state index in [1.165, 1.54) is 77.0 Å². The highest BCUT2D eigenvalue weighted by Crippen LogP contribution is 2.14. The molecule has 0 N–H and O–H groups in total. The van der Waals surface area contributed by atoms with Gasteiger partial charge in [-0.3, -0.25) is 4.79 Å². The first-order valence-corrected chi connectivity index (χ1v) is 11.7. The van der Waals surface area contributed by atoms with Gasteiger partial charge in [-0.15, -0.1) is 0 Å². The maximum Gasteiger partial charge on any atom is 0.305 e. The first-order valence-electron chi connectivity index (χ1n) is 11.7. The molecule has 0 aliphatic rings. The zero-order valence-electron chi connectivity index (χ0n) is 18.5. The largest absolute Gasteiger partial charge is 0.466 e. The van der Waals surface area contributed by atoms with Crippen molar-refractivity contribution < 1.29 is 9.53 Å². The smallest absolute Gasteiger partial charge is 0.305 e. The molecular weight excluding hydrogens is 320 g/mol. The summed E-state index contributed by atoms with van der Waals surface area (Å²) < 4.78 is 5.27. The van der Waals surface area contributed by atoms with Crippen LogP contribution in [-0.2, 0) is 9.53 Å². The third-order valence-electron chi connectivity index (χ3n) is 5.10. The minimum absolute atomic E-state index is 0.00199. The number of carbonyl (C=O) groups excluding carboxylic acids is 1. The summed E-state index contributed by atoms with van der Waals surface area (Å²) in [7, 11) is 0. The number of hydrogen-bond acceptors (Lipinski definition) is 2. The Bertz CT molecular complexity index is 297. The van der Waals surface area contributed by atoms with Crippen LogP contribution in [0.2, 0.25) is 0 Å². The Morgan fingerprint density at radius 2 is 0.962 bits per heavy atom. The average Bonchev–Trinajstić information content (AvgIpc) is 2.58. The van der Waals surface area contributed by atoms with Crippen LogP contribution >= 0.6 is 0 Å². The van der Waals surface area contributed by atoms with Crippen molar-refractivity contribution in [3.05, 3.63) is 0 Å². The summed E-state index contributed by atoms with van der Waals surface area (Å²) >= 11 is 0. The molecule has 0 aromatic heterocycles. The zero-order valence-corrected chi connectivity index (χ0v) is 18.5. The molecule has 0 spiro atoms. The van der Waals surface area contributed by atoms with E-state index < -0.39 is 0 Å². The van der Waals surface area contributed by atoms with Gasteiger partial charge >= 0.3 is 5.97 Å². The standard InChI is InChI=1S/C24H48O2/c1-22(2)18-15-13-11-9-7-5-6-8-10-12-14-16-20-24(25)26-21-17-19-23(3)4/h22-23H,5-21H2,1-4H3. The molecule has 2 nitrogen and oxygen atoms in total. The van der Waals surface area contributed by atoms with Crippen molar-refractivity contribution in [3.63, 3.8) is 0 Å². The van der Waals surface area contributed by atoms with Gasteiger partial charge in [0.05, 0.1) is 6.61 Å². The highest BCUT2D eigenvalue weighted by Gasteiger charge is 2.03. The zero-order chi connectivity index (χ0) is 19.5. The lowest BCUT2D eigenvalue weighted by atomic mass is 10.0. The lowest BCUT2D eigenvalue weighted by molar-refractivity contribution is -0.143. The highest BCUT2D eigenvalue weighted by atomic mass is 16.5. The fourth-order valence-corrected chi connectivity index (χ4v) is 3.34. The lowest BCUT2D eigenvalue weighted by Crippen LogP contribution is -2.06. The van der Waals surface area contributed by atoms with Crippen molar-refractivity contribution in [1.29, 1.82) is 0 Å². The molecule has 2 heteroatoms. The van der Waals surface area contributed by atoms with Crippen molar-refractivity contribution in [3.8, 4) is 0 Å². The summed E-state index contributed by atoms with van der Waals surface area (Å²) in [5.41, 5.74) is 0. The van der Waals surface area contributed by atoms with E-state index in [0.29, 0.717) is 18.9 Å². The summed E-state index contributed by atoms with van der Waals surface area (Å²) in [5, 5.41) is 0. The number of unbranched alkanes of at least 4 members (excludes halogenated alkanes) is 11. The predicted octanol–water partition coefficient (Wildman–Crippen LogP) is 8.08. The van der Waals surface area contributed by atoms with Gasteiger partial charge in [-0.05, 0) is 31.1 Å². The highest BCUT2D eigenvalue weighted by molar-refractivity contribution is 5.69. The molecule has 0 unspecified atom stereocenters. The van der Waals surface area contributed by atoms with Gasteiger partial charge in [0.1, 0.15) is 0 Å². The van der Waals surface area contributed by atoms with E-state index in [-0.39, 0.29) is 5.97 Å². The van der Waals surface area contributed by atoms with Gasteiger partial charge < -0.3 is 4.74 Å². The number of ether oxygens (including phenoxy) is 1. The molecule has 0 fully saturated rings. The summed E-state index contributed by atoms with van der Waals surface area (Å²) in [6, 6.07) is 0. The van der Waals surface area contributed by atoms with Crippen LogP contribution in [-0.4, -0.2) is 12.6 Å². The molecule has 0 aromatic rings. The molecule has 156 valence electrons. The van der Waals surface area contributed by atoms with Crippen molar-refractivity contribution in [2.75, 3.05) is 6.61 Å². The van der Waals surface area contributed by atoms with Crippen LogP contribution in [0.5, 0.6) is 0 Å². The minimum Gasteiger partial charge on any atom is -0.466 e. The first kappa shape index (κ1) is 25.5. The number of hydrogen-bond donors (Lipinski definition) is 0. The molecular formula is C24H48O2. The molecule has 0 amide bonds. The van der Waals surface area contributed by atoms with Crippen LogP contribution in [0.15, 0.2) is 0 Å². The van der Waals surface area contributed by atoms with Crippen molar-refractivity contribution in [2.24, 2.45) is 11.8 Å². The van der Waals surface area contributed by atoms with Crippen LogP contribution in [0.25, 0.3) is 0 Å². The van der Waals surface area contributed by atoms with Gasteiger partial charge in [0.2, 0.25) is 0 Å². The van der Waals surface area contributed by atoms with E-state index in [0.717, 1.165) is 25.2 Å². The third-order valence-corrected chi connectivity index (χ3v) is 5.10. The second kappa shape index (κ2) is 19.2. The van der Waals surface area contributed by atoms with Gasteiger partial charge in [-0.1, -0.05) is 105 Å². The van der Waals surface area contributed by atoms with E-state index in [1.807, 2.05) is 0 Å². The van der Waals surface area contributed by atoms with Crippen LogP contribution < -0.4 is 0 Å². The number of rotatable bonds is 19. The molecule has 0 aromatic carbocycles. The topological polar surface area (TPSA) is 26.3 Å². The number of esters is 1. The quantitative estimate of drug-likeness (QED) is 0.170. The molecule has 26 heavy (non-hydrogen) atoms. The van der Waals surface area contributed by atoms with Gasteiger partial charge in [0, 0.05) is 6.42 Å². The van der Waals surface area contributed by atoms with Gasteiger partial charge in [0.15, 0.2) is 0 Å². The van der Waals surface area contributed by atoms with E-state index >= 15 is 0 Å². The first-order chi connectivity index (χ1) is 12.5. The van der Waals surface area contributed by atoms with E-state index in [1.54, 1.807) is 0 Å². The van der Waals surface area contributed by atoms with Crippen LogP contribution in [0, 0.1) is 11.8 Å². The summed E-state index contributed by atoms with van der Waals surface area (Å²) in [6.07, 6.45) is 20.2. The van der Waals surface area contributed by atoms with E-state index in [9.17, 15) is 4.79 Å². The molecule has 0 heterocycles. The second-order valence-electron chi connectivity index (χ2n) is 8.93. The molecule has 0 saturated heterocycles. The third kappa shape index (κ3) is 21.5. The molecule has 0 rings (SSSR count). The van der Waals surface area contributed by atoms with Gasteiger partial charge in [-0.25, -0.2) is 0 Å². The molecule has 0 bridgehead atoms. The lowest BCUT2D eigenvalue weighted by Gasteiger charge is -2.06. The second-order valence-corrected chi connectivity index (χ2v) is 8.93. The number of carbonyl (C=O) groups is 1. The fraction of sp³-hybridized carbons (Fsp3) is 0.958. The molecule has 0 aliphatic heterocycles. The van der Waals surface area contributed by atoms with Gasteiger partial charge in [0.25, 0.3) is 0 Å². The average molecular weight is 369 g/mol. The molecule has 0 radical (unpaired) electrons. The van der Waals surface area contributed by atoms with Crippen molar-refractivity contribution >= 4 is 5.97 Å². The normalized spacial score (nSPS) is 11.5. The summed E-state index contributed by atoms with van der Waals surface area (Å²) in [5.74, 6) is 1.57. The summed E-state index contributed by atoms with van der Waals surface area (Å²) in [6.45, 7) is 9.66. The van der Waals surface area contributed by atoms with Crippen molar-refractivity contribution in [1.82, 2.24) is 0 Å². The Morgan fingerprint density at radius 1 is 0.577 bits per heavy atom. The molecule has 0 atom stereocenters. The molecule has 0 saturated carbocycles. The Balaban J connectivity index is 3.14. The van der Waals surface area contributed by atoms with Gasteiger partial charge in [-0.2, -0.15) is 0 Å². The van der Waals surface area contributed by atoms with Crippen LogP contribution in [0.1, 0.15) is 130 Å². The predicted molar refractivity (Wildman–Crippen MR) is 115 cm³/mol. The Kier molecular flexibility index (Phi) is 18.8. The Morgan fingerprint density at radius 3 is 1.42 bits per heavy atom. The molecule has 0 aliphatic carbocycles. The maximum absolute atomic E-state index is 11.6. The minimum atomic E-state index is 0.00199. The maximum atomic E-state index is 11.6. The fourth-order valence-electron chi connectivity index (χ4n) is 3.34. The van der Waals surface area contributed by atoms with E-state index in [4.69, 9.17) is 4.74 Å². The van der Waals surface area contributed by atoms with Crippen molar-refractivity contribution in [2.45, 2.75) is 130 Å². The van der Waals surface area contributed by atoms with Crippen LogP contribution in [0.4, 0.5) is 0 Å².